The van der Waals surface area contributed by atoms with Crippen LogP contribution in [0.3, 0.4) is 0 Å². The average molecular weight is 476 g/mol. The van der Waals surface area contributed by atoms with Gasteiger partial charge in [-0.25, -0.2) is 4.39 Å². The zero-order valence-corrected chi connectivity index (χ0v) is 17.2. The van der Waals surface area contributed by atoms with Crippen LogP contribution in [-0.4, -0.2) is 21.4 Å². The van der Waals surface area contributed by atoms with Crippen LogP contribution in [0.15, 0.2) is 34.8 Å². The van der Waals surface area contributed by atoms with Gasteiger partial charge in [0, 0.05) is 38.6 Å². The molecule has 146 valence electrons. The molecule has 29 heavy (non-hydrogen) atoms. The lowest BCUT2D eigenvalue weighted by Gasteiger charge is -2.11. The van der Waals surface area contributed by atoms with Crippen molar-refractivity contribution in [3.8, 4) is 6.07 Å². The fraction of sp³-hybridized carbons (Fsp3) is 0.190. The first kappa shape index (κ1) is 19.6. The highest BCUT2D eigenvalue weighted by Gasteiger charge is 2.35. The first-order chi connectivity index (χ1) is 13.8. The summed E-state index contributed by atoms with van der Waals surface area (Å²) in [5.74, 6) is -2.23. The Hall–Kier alpha value is -2.69. The average Bonchev–Trinajstić information content (AvgIpc) is 3.19. The lowest BCUT2D eigenvalue weighted by molar-refractivity contribution is -0.137. The van der Waals surface area contributed by atoms with Gasteiger partial charge in [-0.05, 0) is 52.7 Å². The highest BCUT2D eigenvalue weighted by atomic mass is 79.9. The van der Waals surface area contributed by atoms with Crippen LogP contribution in [-0.2, 0) is 11.3 Å². The molecule has 1 aliphatic rings. The Morgan fingerprint density at radius 2 is 2.10 bits per heavy atom. The van der Waals surface area contributed by atoms with Crippen molar-refractivity contribution in [1.82, 2.24) is 4.57 Å². The molecule has 1 aromatic heterocycles. The molecule has 0 aliphatic carbocycles. The molecule has 1 aliphatic heterocycles. The summed E-state index contributed by atoms with van der Waals surface area (Å²) in [6.07, 6.45) is 0.403. The highest BCUT2D eigenvalue weighted by molar-refractivity contribution is 9.10. The van der Waals surface area contributed by atoms with E-state index in [0.29, 0.717) is 44.6 Å². The Labute approximate surface area is 178 Å². The number of nitriles is 1. The van der Waals surface area contributed by atoms with Crippen molar-refractivity contribution >= 4 is 50.2 Å². The van der Waals surface area contributed by atoms with E-state index in [4.69, 9.17) is 11.6 Å². The van der Waals surface area contributed by atoms with Gasteiger partial charge < -0.3 is 9.67 Å². The minimum Gasteiger partial charge on any atom is -0.481 e. The zero-order valence-electron chi connectivity index (χ0n) is 14.9. The number of aromatic nitrogens is 1. The Kier molecular flexibility index (Phi) is 4.93. The molecular formula is C21H13BrClFN2O3. The maximum absolute atomic E-state index is 14.1. The molecule has 2 aromatic carbocycles. The van der Waals surface area contributed by atoms with Crippen molar-refractivity contribution in [2.45, 2.75) is 25.3 Å². The quantitative estimate of drug-likeness (QED) is 0.522. The van der Waals surface area contributed by atoms with Gasteiger partial charge >= 0.3 is 5.97 Å². The van der Waals surface area contributed by atoms with E-state index in [2.05, 4.69) is 15.9 Å². The third kappa shape index (κ3) is 3.22. The van der Waals surface area contributed by atoms with E-state index in [0.717, 1.165) is 0 Å². The fourth-order valence-electron chi connectivity index (χ4n) is 4.08. The predicted octanol–water partition coefficient (Wildman–Crippen LogP) is 5.26. The van der Waals surface area contributed by atoms with Gasteiger partial charge in [-0.1, -0.05) is 11.6 Å². The van der Waals surface area contributed by atoms with Crippen LogP contribution < -0.4 is 0 Å². The normalized spacial score (nSPS) is 15.3. The molecule has 4 rings (SSSR count). The van der Waals surface area contributed by atoms with Crippen molar-refractivity contribution in [1.29, 1.82) is 5.26 Å². The predicted molar refractivity (Wildman–Crippen MR) is 109 cm³/mol. The van der Waals surface area contributed by atoms with Crippen LogP contribution in [0.5, 0.6) is 0 Å². The van der Waals surface area contributed by atoms with E-state index in [1.54, 1.807) is 0 Å². The summed E-state index contributed by atoms with van der Waals surface area (Å²) in [4.78, 5) is 24.9. The number of carbonyl (C=O) groups excluding carboxylic acids is 1. The summed E-state index contributed by atoms with van der Waals surface area (Å²) in [6.45, 7) is 0.485. The van der Waals surface area contributed by atoms with Crippen molar-refractivity contribution in [2.24, 2.45) is 0 Å². The Morgan fingerprint density at radius 1 is 1.34 bits per heavy atom. The minimum absolute atomic E-state index is 0.126. The number of fused-ring (bicyclic) bond motifs is 3. The number of benzene rings is 2. The molecule has 0 radical (unpaired) electrons. The van der Waals surface area contributed by atoms with Crippen LogP contribution in [0.25, 0.3) is 10.9 Å². The molecule has 1 N–H and O–H groups in total. The molecule has 0 amide bonds. The van der Waals surface area contributed by atoms with Crippen LogP contribution in [0.4, 0.5) is 4.39 Å². The van der Waals surface area contributed by atoms with Gasteiger partial charge in [0.2, 0.25) is 0 Å². The summed E-state index contributed by atoms with van der Waals surface area (Å²) in [6, 6.07) is 9.02. The number of hydrogen-bond acceptors (Lipinski definition) is 3. The number of carboxylic acids is 1. The molecule has 2 heterocycles. The van der Waals surface area contributed by atoms with Gasteiger partial charge in [0.05, 0.1) is 29.1 Å². The van der Waals surface area contributed by atoms with E-state index in [1.165, 1.54) is 30.3 Å². The molecule has 8 heteroatoms. The van der Waals surface area contributed by atoms with Crippen LogP contribution in [0.2, 0.25) is 5.02 Å². The fourth-order valence-corrected chi connectivity index (χ4v) is 4.87. The van der Waals surface area contributed by atoms with Crippen molar-refractivity contribution in [3.63, 3.8) is 0 Å². The lowest BCUT2D eigenvalue weighted by atomic mass is 9.90. The van der Waals surface area contributed by atoms with Crippen LogP contribution in [0.1, 0.15) is 45.9 Å². The smallest absolute Gasteiger partial charge is 0.304 e. The molecule has 0 bridgehead atoms. The van der Waals surface area contributed by atoms with Gasteiger partial charge in [-0.3, -0.25) is 9.59 Å². The number of halogens is 3. The van der Waals surface area contributed by atoms with Crippen molar-refractivity contribution < 1.29 is 19.1 Å². The SMILES string of the molecule is N#Cc1cc(Cl)ccc1C(=O)c1c2n(c3cc(F)cc(Br)c13)CCC2CC(=O)O. The van der Waals surface area contributed by atoms with Gasteiger partial charge in [0.25, 0.3) is 0 Å². The minimum atomic E-state index is -0.971. The third-order valence-electron chi connectivity index (χ3n) is 5.20. The maximum atomic E-state index is 14.1. The number of ketones is 1. The van der Waals surface area contributed by atoms with Crippen molar-refractivity contribution in [2.75, 3.05) is 0 Å². The number of nitrogens with zero attached hydrogens (tertiary/aromatic N) is 2. The van der Waals surface area contributed by atoms with Gasteiger partial charge in [-0.2, -0.15) is 5.26 Å². The number of aliphatic carboxylic acids is 1. The summed E-state index contributed by atoms with van der Waals surface area (Å²) in [5, 5.41) is 19.6. The molecule has 0 spiro atoms. The van der Waals surface area contributed by atoms with E-state index in [9.17, 15) is 24.3 Å². The number of aryl methyl sites for hydroxylation is 1. The lowest BCUT2D eigenvalue weighted by Crippen LogP contribution is -2.11. The van der Waals surface area contributed by atoms with E-state index in [1.807, 2.05) is 10.6 Å². The number of carboxylic acid groups (broad SMARTS) is 1. The second-order valence-electron chi connectivity index (χ2n) is 6.91. The Morgan fingerprint density at radius 3 is 2.79 bits per heavy atom. The number of rotatable bonds is 4. The second kappa shape index (κ2) is 7.29. The molecule has 0 fully saturated rings. The monoisotopic (exact) mass is 474 g/mol. The molecule has 1 atom stereocenters. The second-order valence-corrected chi connectivity index (χ2v) is 8.20. The van der Waals surface area contributed by atoms with E-state index < -0.39 is 17.6 Å². The molecule has 1 unspecified atom stereocenters. The third-order valence-corrected chi connectivity index (χ3v) is 6.07. The van der Waals surface area contributed by atoms with Gasteiger partial charge in [0.1, 0.15) is 5.82 Å². The van der Waals surface area contributed by atoms with E-state index >= 15 is 0 Å². The maximum Gasteiger partial charge on any atom is 0.304 e. The van der Waals surface area contributed by atoms with E-state index in [-0.39, 0.29) is 23.5 Å². The Bertz CT molecular complexity index is 1250. The van der Waals surface area contributed by atoms with Crippen molar-refractivity contribution in [3.05, 3.63) is 68.0 Å². The van der Waals surface area contributed by atoms with Gasteiger partial charge in [-0.15, -0.1) is 0 Å². The number of carbonyl (C=O) groups is 2. The molecular weight excluding hydrogens is 463 g/mol. The molecule has 0 saturated heterocycles. The topological polar surface area (TPSA) is 83.1 Å². The molecule has 3 aromatic rings. The summed E-state index contributed by atoms with van der Waals surface area (Å²) in [5.41, 5.74) is 1.69. The largest absolute Gasteiger partial charge is 0.481 e. The molecule has 5 nitrogen and oxygen atoms in total. The van der Waals surface area contributed by atoms with Crippen LogP contribution in [0, 0.1) is 17.1 Å². The van der Waals surface area contributed by atoms with Crippen LogP contribution >= 0.6 is 27.5 Å². The first-order valence-corrected chi connectivity index (χ1v) is 9.96. The van der Waals surface area contributed by atoms with Gasteiger partial charge in [0.15, 0.2) is 5.78 Å². The summed E-state index contributed by atoms with van der Waals surface area (Å²) >= 11 is 9.31. The molecule has 0 saturated carbocycles. The summed E-state index contributed by atoms with van der Waals surface area (Å²) < 4.78 is 16.3. The number of hydrogen-bond donors (Lipinski definition) is 1. The zero-order chi connectivity index (χ0) is 20.9. The highest BCUT2D eigenvalue weighted by Crippen LogP contribution is 2.43. The first-order valence-electron chi connectivity index (χ1n) is 8.79. The Balaban J connectivity index is 2.03. The standard InChI is InChI=1S/C21H13BrClFN2O3/c22-15-7-13(24)8-16-18(15)19(20-10(6-17(27)28)3-4-26(16)20)21(29)14-2-1-12(23)5-11(14)9-25/h1-2,5,7-8,10H,3-4,6H2,(H,27,28). The summed E-state index contributed by atoms with van der Waals surface area (Å²) in [7, 11) is 0.